The number of carbonyl (C=O) groups excluding carboxylic acids is 1. The molecule has 2 aliphatic rings. The molecule has 20 heavy (non-hydrogen) atoms. The van der Waals surface area contributed by atoms with Crippen LogP contribution in [-0.4, -0.2) is 25.1 Å². The molecule has 2 fully saturated rings. The number of nitrogens with zero attached hydrogens (tertiary/aromatic N) is 1. The molecule has 1 saturated carbocycles. The van der Waals surface area contributed by atoms with E-state index in [2.05, 4.69) is 0 Å². The predicted octanol–water partition coefficient (Wildman–Crippen LogP) is 0.913. The fourth-order valence-electron chi connectivity index (χ4n) is 2.89. The molecule has 1 heterocycles. The van der Waals surface area contributed by atoms with Gasteiger partial charge in [0, 0.05) is 12.3 Å². The van der Waals surface area contributed by atoms with Gasteiger partial charge in [-0.3, -0.25) is 4.79 Å². The molecule has 7 heteroatoms. The summed E-state index contributed by atoms with van der Waals surface area (Å²) in [6, 6.07) is 6.38. The number of aryl methyl sites for hydroxylation is 1. The Morgan fingerprint density at radius 3 is 2.55 bits per heavy atom. The molecular formula is C13H16N2O4S. The van der Waals surface area contributed by atoms with E-state index in [-0.39, 0.29) is 16.7 Å². The first-order valence-electron chi connectivity index (χ1n) is 6.45. The topological polar surface area (TPSA) is 89.7 Å². The number of piperidine rings is 1. The molecule has 1 aliphatic heterocycles. The van der Waals surface area contributed by atoms with Gasteiger partial charge in [0.25, 0.3) is 10.1 Å². The average Bonchev–Trinajstić information content (AvgIpc) is 2.89. The van der Waals surface area contributed by atoms with Crippen molar-refractivity contribution in [1.82, 2.24) is 5.01 Å². The van der Waals surface area contributed by atoms with E-state index >= 15 is 0 Å². The van der Waals surface area contributed by atoms with Gasteiger partial charge in [0.2, 0.25) is 5.91 Å². The van der Waals surface area contributed by atoms with E-state index in [1.54, 1.807) is 12.1 Å². The van der Waals surface area contributed by atoms with Gasteiger partial charge in [-0.25, -0.2) is 15.0 Å². The van der Waals surface area contributed by atoms with Gasteiger partial charge in [0.05, 0.1) is 4.90 Å². The third-order valence-corrected chi connectivity index (χ3v) is 5.43. The first kappa shape index (κ1) is 13.5. The lowest BCUT2D eigenvalue weighted by Crippen LogP contribution is -2.54. The second-order valence-corrected chi connectivity index (χ2v) is 6.99. The monoisotopic (exact) mass is 296 g/mol. The zero-order chi connectivity index (χ0) is 14.5. The Labute approximate surface area is 117 Å². The van der Waals surface area contributed by atoms with E-state index in [1.165, 1.54) is 12.1 Å². The standard InChI is InChI=1S/C13H16N2O4S/c1-9-2-4-11(5-3-9)20(17,18)19-13-7-6-10(8-13)12(16)15(13)14/h2-5,10H,6-8,14H2,1H3. The number of amides is 1. The predicted molar refractivity (Wildman–Crippen MR) is 70.6 cm³/mol. The number of nitrogens with two attached hydrogens (primary N) is 1. The van der Waals surface area contributed by atoms with E-state index < -0.39 is 15.8 Å². The van der Waals surface area contributed by atoms with Crippen molar-refractivity contribution in [2.45, 2.75) is 36.8 Å². The zero-order valence-corrected chi connectivity index (χ0v) is 11.9. The second-order valence-electron chi connectivity index (χ2n) is 5.44. The Morgan fingerprint density at radius 2 is 2.00 bits per heavy atom. The highest BCUT2D eigenvalue weighted by atomic mass is 32.2. The van der Waals surface area contributed by atoms with Crippen LogP contribution in [0.15, 0.2) is 29.2 Å². The van der Waals surface area contributed by atoms with Crippen molar-refractivity contribution in [1.29, 1.82) is 0 Å². The van der Waals surface area contributed by atoms with Crippen LogP contribution in [-0.2, 0) is 19.1 Å². The molecule has 1 aromatic rings. The Balaban J connectivity index is 1.91. The maximum Gasteiger partial charge on any atom is 0.299 e. The zero-order valence-electron chi connectivity index (χ0n) is 11.1. The molecule has 2 N–H and O–H groups in total. The normalized spacial score (nSPS) is 29.2. The lowest BCUT2D eigenvalue weighted by atomic mass is 10.1. The number of carbonyl (C=O) groups is 1. The molecule has 0 spiro atoms. The van der Waals surface area contributed by atoms with Crippen molar-refractivity contribution >= 4 is 16.0 Å². The fourth-order valence-corrected chi connectivity index (χ4v) is 4.09. The van der Waals surface area contributed by atoms with Crippen LogP contribution in [0.25, 0.3) is 0 Å². The number of hydrogen-bond donors (Lipinski definition) is 1. The number of fused-ring (bicyclic) bond motifs is 2. The molecule has 6 nitrogen and oxygen atoms in total. The largest absolute Gasteiger partial charge is 0.299 e. The second kappa shape index (κ2) is 4.28. The van der Waals surface area contributed by atoms with Crippen LogP contribution in [0.4, 0.5) is 0 Å². The maximum atomic E-state index is 12.3. The molecule has 1 amide bonds. The average molecular weight is 296 g/mol. The molecule has 2 bridgehead atoms. The van der Waals surface area contributed by atoms with Crippen molar-refractivity contribution in [2.24, 2.45) is 11.8 Å². The third kappa shape index (κ3) is 1.93. The summed E-state index contributed by atoms with van der Waals surface area (Å²) in [5.74, 6) is 5.25. The molecule has 0 aromatic heterocycles. The van der Waals surface area contributed by atoms with Gasteiger partial charge < -0.3 is 0 Å². The van der Waals surface area contributed by atoms with E-state index in [1.807, 2.05) is 6.92 Å². The summed E-state index contributed by atoms with van der Waals surface area (Å²) in [6.07, 6.45) is 1.41. The van der Waals surface area contributed by atoms with Crippen LogP contribution in [0.3, 0.4) is 0 Å². The van der Waals surface area contributed by atoms with E-state index in [0.29, 0.717) is 19.3 Å². The summed E-state index contributed by atoms with van der Waals surface area (Å²) in [7, 11) is -3.93. The lowest BCUT2D eigenvalue weighted by molar-refractivity contribution is -0.147. The first-order valence-corrected chi connectivity index (χ1v) is 7.86. The molecule has 2 unspecified atom stereocenters. The highest BCUT2D eigenvalue weighted by Crippen LogP contribution is 2.47. The minimum atomic E-state index is -3.93. The third-order valence-electron chi connectivity index (χ3n) is 4.05. The van der Waals surface area contributed by atoms with E-state index in [4.69, 9.17) is 10.0 Å². The molecule has 1 saturated heterocycles. The van der Waals surface area contributed by atoms with E-state index in [9.17, 15) is 13.2 Å². The first-order chi connectivity index (χ1) is 9.34. The van der Waals surface area contributed by atoms with Gasteiger partial charge >= 0.3 is 0 Å². The Hall–Kier alpha value is -1.44. The van der Waals surface area contributed by atoms with Crippen molar-refractivity contribution in [3.8, 4) is 0 Å². The van der Waals surface area contributed by atoms with Crippen molar-refractivity contribution < 1.29 is 17.4 Å². The van der Waals surface area contributed by atoms with E-state index in [0.717, 1.165) is 10.6 Å². The number of hydrazine groups is 1. The Morgan fingerprint density at radius 1 is 1.35 bits per heavy atom. The summed E-state index contributed by atoms with van der Waals surface area (Å²) in [4.78, 5) is 11.8. The van der Waals surface area contributed by atoms with Gasteiger partial charge in [-0.2, -0.15) is 8.42 Å². The summed E-state index contributed by atoms with van der Waals surface area (Å²) in [5, 5.41) is 0.951. The van der Waals surface area contributed by atoms with Gasteiger partial charge in [0.1, 0.15) is 0 Å². The summed E-state index contributed by atoms with van der Waals surface area (Å²) < 4.78 is 30.0. The molecular weight excluding hydrogens is 280 g/mol. The highest BCUT2D eigenvalue weighted by molar-refractivity contribution is 7.86. The SMILES string of the molecule is Cc1ccc(S(=O)(=O)OC23CCC(C2)C(=O)N3N)cc1. The van der Waals surface area contributed by atoms with Gasteiger partial charge in [-0.15, -0.1) is 0 Å². The minimum absolute atomic E-state index is 0.0775. The van der Waals surface area contributed by atoms with Crippen LogP contribution in [0, 0.1) is 12.8 Å². The van der Waals surface area contributed by atoms with Crippen molar-refractivity contribution in [3.63, 3.8) is 0 Å². The van der Waals surface area contributed by atoms with Crippen molar-refractivity contribution in [2.75, 3.05) is 0 Å². The maximum absolute atomic E-state index is 12.3. The Bertz CT molecular complexity index is 655. The number of benzene rings is 1. The van der Waals surface area contributed by atoms with Crippen LogP contribution < -0.4 is 5.84 Å². The molecule has 2 atom stereocenters. The quantitative estimate of drug-likeness (QED) is 0.509. The fraction of sp³-hybridized carbons (Fsp3) is 0.462. The van der Waals surface area contributed by atoms with Gasteiger partial charge in [-0.1, -0.05) is 17.7 Å². The molecule has 1 aromatic carbocycles. The summed E-state index contributed by atoms with van der Waals surface area (Å²) in [5.41, 5.74) is -0.245. The smallest absolute Gasteiger partial charge is 0.273 e. The summed E-state index contributed by atoms with van der Waals surface area (Å²) in [6.45, 7) is 1.87. The van der Waals surface area contributed by atoms with Crippen LogP contribution in [0.5, 0.6) is 0 Å². The lowest BCUT2D eigenvalue weighted by Gasteiger charge is -2.33. The van der Waals surface area contributed by atoms with Gasteiger partial charge in [0.15, 0.2) is 5.72 Å². The molecule has 3 rings (SSSR count). The van der Waals surface area contributed by atoms with Crippen molar-refractivity contribution in [3.05, 3.63) is 29.8 Å². The number of hydrogen-bond acceptors (Lipinski definition) is 5. The van der Waals surface area contributed by atoms with Gasteiger partial charge in [-0.05, 0) is 31.9 Å². The summed E-state index contributed by atoms with van der Waals surface area (Å²) >= 11 is 0. The van der Waals surface area contributed by atoms with Crippen LogP contribution in [0.1, 0.15) is 24.8 Å². The molecule has 108 valence electrons. The van der Waals surface area contributed by atoms with Crippen LogP contribution in [0.2, 0.25) is 0 Å². The molecule has 0 radical (unpaired) electrons. The highest BCUT2D eigenvalue weighted by Gasteiger charge is 2.58. The number of rotatable bonds is 3. The molecule has 1 aliphatic carbocycles. The van der Waals surface area contributed by atoms with Crippen LogP contribution >= 0.6 is 0 Å². The minimum Gasteiger partial charge on any atom is -0.273 e. The Kier molecular flexibility index (Phi) is 2.89.